The molecule has 1 rings (SSSR count). The maximum Gasteiger partial charge on any atom is 0.0975 e. The second-order valence-electron chi connectivity index (χ2n) is 2.79. The van der Waals surface area contributed by atoms with Crippen LogP contribution in [-0.4, -0.2) is 0 Å². The number of hydrogen-bond donors (Lipinski definition) is 2. The van der Waals surface area contributed by atoms with Crippen molar-refractivity contribution in [2.24, 2.45) is 11.5 Å². The third-order valence-corrected chi connectivity index (χ3v) is 1.82. The van der Waals surface area contributed by atoms with E-state index in [-0.39, 0.29) is 0 Å². The van der Waals surface area contributed by atoms with E-state index in [2.05, 4.69) is 6.58 Å². The maximum atomic E-state index is 5.56. The van der Waals surface area contributed by atoms with Gasteiger partial charge in [0.1, 0.15) is 0 Å². The Balaban J connectivity index is 3.04. The summed E-state index contributed by atoms with van der Waals surface area (Å²) in [7, 11) is 0. The molecule has 0 spiro atoms. The van der Waals surface area contributed by atoms with Crippen molar-refractivity contribution < 1.29 is 0 Å². The fourth-order valence-electron chi connectivity index (χ4n) is 1.19. The Morgan fingerprint density at radius 2 is 1.85 bits per heavy atom. The van der Waals surface area contributed by atoms with Crippen molar-refractivity contribution >= 4 is 5.57 Å². The summed E-state index contributed by atoms with van der Waals surface area (Å²) in [6.07, 6.45) is 2.49. The van der Waals surface area contributed by atoms with Gasteiger partial charge in [0.05, 0.1) is 5.82 Å². The van der Waals surface area contributed by atoms with E-state index < -0.39 is 0 Å². The Kier molecular flexibility index (Phi) is 3.15. The van der Waals surface area contributed by atoms with Gasteiger partial charge in [0.15, 0.2) is 0 Å². The van der Waals surface area contributed by atoms with Gasteiger partial charge in [0.2, 0.25) is 0 Å². The first-order valence-electron chi connectivity index (χ1n) is 4.16. The largest absolute Gasteiger partial charge is 0.385 e. The molecule has 13 heavy (non-hydrogen) atoms. The third-order valence-electron chi connectivity index (χ3n) is 1.82. The summed E-state index contributed by atoms with van der Waals surface area (Å²) in [5, 5.41) is 0. The van der Waals surface area contributed by atoms with Crippen LogP contribution in [0, 0.1) is 0 Å². The highest BCUT2D eigenvalue weighted by molar-refractivity contribution is 5.68. The van der Waals surface area contributed by atoms with Crippen LogP contribution in [0.4, 0.5) is 0 Å². The van der Waals surface area contributed by atoms with Crippen molar-refractivity contribution in [2.45, 2.75) is 6.42 Å². The van der Waals surface area contributed by atoms with Gasteiger partial charge < -0.3 is 11.5 Å². The zero-order valence-corrected chi connectivity index (χ0v) is 7.53. The van der Waals surface area contributed by atoms with E-state index in [4.69, 9.17) is 11.5 Å². The number of hydrogen-bond acceptors (Lipinski definition) is 2. The summed E-state index contributed by atoms with van der Waals surface area (Å²) in [5.41, 5.74) is 13.1. The Hall–Kier alpha value is -1.70. The van der Waals surface area contributed by atoms with Crippen LogP contribution in [0.3, 0.4) is 0 Å². The SMILES string of the molecule is C=CCC(=C(N)N)c1ccccc1. The molecule has 1 aromatic carbocycles. The van der Waals surface area contributed by atoms with Crippen LogP contribution in [0.2, 0.25) is 0 Å². The molecule has 0 atom stereocenters. The molecule has 0 unspecified atom stereocenters. The standard InChI is InChI=1S/C11H14N2/c1-2-6-10(11(12)13)9-7-4-3-5-8-9/h2-5,7-8H,1,6,12-13H2. The summed E-state index contributed by atoms with van der Waals surface area (Å²) >= 11 is 0. The van der Waals surface area contributed by atoms with Crippen LogP contribution in [0.15, 0.2) is 48.8 Å². The van der Waals surface area contributed by atoms with E-state index in [1.807, 2.05) is 30.3 Å². The fourth-order valence-corrected chi connectivity index (χ4v) is 1.19. The minimum Gasteiger partial charge on any atom is -0.385 e. The molecule has 0 aromatic heterocycles. The quantitative estimate of drug-likeness (QED) is 0.687. The summed E-state index contributed by atoms with van der Waals surface area (Å²) < 4.78 is 0. The molecule has 0 radical (unpaired) electrons. The Morgan fingerprint density at radius 1 is 1.23 bits per heavy atom. The van der Waals surface area contributed by atoms with Gasteiger partial charge in [-0.25, -0.2) is 0 Å². The van der Waals surface area contributed by atoms with Gasteiger partial charge in [0.25, 0.3) is 0 Å². The molecule has 1 aromatic rings. The molecule has 0 bridgehead atoms. The predicted molar refractivity (Wildman–Crippen MR) is 56.6 cm³/mol. The van der Waals surface area contributed by atoms with Crippen LogP contribution < -0.4 is 11.5 Å². The molecule has 0 heterocycles. The lowest BCUT2D eigenvalue weighted by Crippen LogP contribution is -2.11. The van der Waals surface area contributed by atoms with Gasteiger partial charge in [-0.15, -0.1) is 6.58 Å². The lowest BCUT2D eigenvalue weighted by Gasteiger charge is -2.06. The summed E-state index contributed by atoms with van der Waals surface area (Å²) in [6.45, 7) is 3.66. The Labute approximate surface area is 78.6 Å². The van der Waals surface area contributed by atoms with Gasteiger partial charge in [-0.3, -0.25) is 0 Å². The van der Waals surface area contributed by atoms with Crippen molar-refractivity contribution in [3.05, 3.63) is 54.4 Å². The number of allylic oxidation sites excluding steroid dienone is 2. The second-order valence-corrected chi connectivity index (χ2v) is 2.79. The van der Waals surface area contributed by atoms with Crippen molar-refractivity contribution in [1.82, 2.24) is 0 Å². The van der Waals surface area contributed by atoms with Crippen LogP contribution in [-0.2, 0) is 0 Å². The second kappa shape index (κ2) is 4.36. The molecular formula is C11H14N2. The van der Waals surface area contributed by atoms with Crippen molar-refractivity contribution in [1.29, 1.82) is 0 Å². The number of benzene rings is 1. The first-order chi connectivity index (χ1) is 6.25. The molecular weight excluding hydrogens is 160 g/mol. The molecule has 0 saturated carbocycles. The van der Waals surface area contributed by atoms with Crippen molar-refractivity contribution in [3.8, 4) is 0 Å². The van der Waals surface area contributed by atoms with E-state index in [0.717, 1.165) is 11.1 Å². The smallest absolute Gasteiger partial charge is 0.0975 e. The van der Waals surface area contributed by atoms with E-state index in [1.54, 1.807) is 6.08 Å². The topological polar surface area (TPSA) is 52.0 Å². The van der Waals surface area contributed by atoms with E-state index >= 15 is 0 Å². The molecule has 0 saturated heterocycles. The molecule has 0 fully saturated rings. The van der Waals surface area contributed by atoms with Crippen LogP contribution in [0.5, 0.6) is 0 Å². The number of rotatable bonds is 3. The van der Waals surface area contributed by atoms with Gasteiger partial charge in [-0.2, -0.15) is 0 Å². The zero-order valence-electron chi connectivity index (χ0n) is 7.53. The summed E-state index contributed by atoms with van der Waals surface area (Å²) in [6, 6.07) is 9.85. The highest BCUT2D eigenvalue weighted by atomic mass is 14.8. The molecule has 0 amide bonds. The minimum atomic E-state index is 0.367. The number of nitrogens with two attached hydrogens (primary N) is 2. The maximum absolute atomic E-state index is 5.56. The van der Waals surface area contributed by atoms with Gasteiger partial charge in [0, 0.05) is 5.57 Å². The van der Waals surface area contributed by atoms with Crippen LogP contribution in [0.25, 0.3) is 5.57 Å². The van der Waals surface area contributed by atoms with E-state index in [1.165, 1.54) is 0 Å². The van der Waals surface area contributed by atoms with Crippen LogP contribution in [0.1, 0.15) is 12.0 Å². The Bertz CT molecular complexity index is 308. The van der Waals surface area contributed by atoms with E-state index in [9.17, 15) is 0 Å². The van der Waals surface area contributed by atoms with Crippen molar-refractivity contribution in [3.63, 3.8) is 0 Å². The molecule has 0 aliphatic rings. The zero-order chi connectivity index (χ0) is 9.68. The molecule has 0 aliphatic heterocycles. The van der Waals surface area contributed by atoms with Gasteiger partial charge in [-0.05, 0) is 12.0 Å². The summed E-state index contributed by atoms with van der Waals surface area (Å²) in [5.74, 6) is 0.367. The van der Waals surface area contributed by atoms with Gasteiger partial charge in [-0.1, -0.05) is 36.4 Å². The third kappa shape index (κ3) is 2.37. The predicted octanol–water partition coefficient (Wildman–Crippen LogP) is 1.85. The molecule has 4 N–H and O–H groups in total. The average Bonchev–Trinajstić information content (AvgIpc) is 2.15. The first kappa shape index (κ1) is 9.39. The first-order valence-corrected chi connectivity index (χ1v) is 4.16. The Morgan fingerprint density at radius 3 is 2.31 bits per heavy atom. The van der Waals surface area contributed by atoms with Crippen LogP contribution >= 0.6 is 0 Å². The normalized spacial score (nSPS) is 9.23. The lowest BCUT2D eigenvalue weighted by atomic mass is 10.0. The molecule has 2 nitrogen and oxygen atoms in total. The lowest BCUT2D eigenvalue weighted by molar-refractivity contribution is 1.21. The van der Waals surface area contributed by atoms with Gasteiger partial charge >= 0.3 is 0 Å². The minimum absolute atomic E-state index is 0.367. The fraction of sp³-hybridized carbons (Fsp3) is 0.0909. The van der Waals surface area contributed by atoms with Crippen molar-refractivity contribution in [2.75, 3.05) is 0 Å². The monoisotopic (exact) mass is 174 g/mol. The highest BCUT2D eigenvalue weighted by Crippen LogP contribution is 2.18. The molecule has 68 valence electrons. The van der Waals surface area contributed by atoms with E-state index in [0.29, 0.717) is 12.2 Å². The summed E-state index contributed by atoms with van der Waals surface area (Å²) in [4.78, 5) is 0. The molecule has 2 heteroatoms. The average molecular weight is 174 g/mol. The highest BCUT2D eigenvalue weighted by Gasteiger charge is 2.01. The molecule has 0 aliphatic carbocycles.